The average Bonchev–Trinajstić information content (AvgIpc) is 2.36. The van der Waals surface area contributed by atoms with E-state index in [2.05, 4.69) is 10.3 Å². The first-order valence-corrected chi connectivity index (χ1v) is 7.36. The molecule has 0 bridgehead atoms. The summed E-state index contributed by atoms with van der Waals surface area (Å²) in [5, 5.41) is 3.12. The summed E-state index contributed by atoms with van der Waals surface area (Å²) in [6.07, 6.45) is 3.14. The normalized spacial score (nSPS) is 13.7. The standard InChI is InChI=1S/C12H18N2O3S/c1-4-17-12(15)10-5-6-11(14-8-10)13-7-9(2)18(3)16/h5-6,8-9H,4,7H2,1-3H3,(H,13,14). The minimum atomic E-state index is -0.863. The Kier molecular flexibility index (Phi) is 5.77. The second-order valence-corrected chi connectivity index (χ2v) is 5.64. The molecule has 1 rings (SSSR count). The number of rotatable bonds is 6. The van der Waals surface area contributed by atoms with Crippen LogP contribution in [-0.2, 0) is 15.5 Å². The molecule has 1 N–H and O–H groups in total. The smallest absolute Gasteiger partial charge is 0.339 e. The van der Waals surface area contributed by atoms with Gasteiger partial charge in [-0.3, -0.25) is 4.21 Å². The summed E-state index contributed by atoms with van der Waals surface area (Å²) in [4.78, 5) is 15.5. The maximum absolute atomic E-state index is 11.4. The molecule has 0 saturated carbocycles. The van der Waals surface area contributed by atoms with E-state index in [9.17, 15) is 9.00 Å². The van der Waals surface area contributed by atoms with Crippen LogP contribution in [0.25, 0.3) is 0 Å². The molecule has 0 amide bonds. The van der Waals surface area contributed by atoms with Crippen LogP contribution in [0.15, 0.2) is 18.3 Å². The number of ether oxygens (including phenoxy) is 1. The predicted octanol–water partition coefficient (Wildman–Crippen LogP) is 1.44. The lowest BCUT2D eigenvalue weighted by molar-refractivity contribution is 0.0526. The second kappa shape index (κ2) is 7.10. The molecule has 2 atom stereocenters. The lowest BCUT2D eigenvalue weighted by atomic mass is 10.3. The molecule has 1 aromatic rings. The summed E-state index contributed by atoms with van der Waals surface area (Å²) in [5.74, 6) is 0.278. The fourth-order valence-electron chi connectivity index (χ4n) is 1.20. The Bertz CT molecular complexity index is 420. The van der Waals surface area contributed by atoms with E-state index in [0.29, 0.717) is 24.5 Å². The molecule has 0 aliphatic carbocycles. The molecule has 5 nitrogen and oxygen atoms in total. The molecule has 1 aromatic heterocycles. The molecule has 1 heterocycles. The zero-order valence-electron chi connectivity index (χ0n) is 10.8. The van der Waals surface area contributed by atoms with Crippen molar-refractivity contribution in [1.82, 2.24) is 4.98 Å². The monoisotopic (exact) mass is 270 g/mol. The third-order valence-corrected chi connectivity index (χ3v) is 3.71. The molecule has 0 aromatic carbocycles. The molecule has 6 heteroatoms. The Balaban J connectivity index is 2.55. The number of anilines is 1. The van der Waals surface area contributed by atoms with Gasteiger partial charge < -0.3 is 10.1 Å². The Morgan fingerprint density at radius 3 is 2.78 bits per heavy atom. The molecule has 0 fully saturated rings. The van der Waals surface area contributed by atoms with E-state index >= 15 is 0 Å². The van der Waals surface area contributed by atoms with Gasteiger partial charge in [-0.15, -0.1) is 0 Å². The van der Waals surface area contributed by atoms with Gasteiger partial charge in [0.15, 0.2) is 0 Å². The Labute approximate surface area is 109 Å². The number of hydrogen-bond acceptors (Lipinski definition) is 5. The van der Waals surface area contributed by atoms with Crippen molar-refractivity contribution >= 4 is 22.6 Å². The second-order valence-electron chi connectivity index (χ2n) is 3.84. The number of carbonyl (C=O) groups is 1. The van der Waals surface area contributed by atoms with Crippen molar-refractivity contribution in [2.75, 3.05) is 24.7 Å². The molecule has 0 aliphatic heterocycles. The van der Waals surface area contributed by atoms with Gasteiger partial charge in [0.05, 0.1) is 12.2 Å². The minimum absolute atomic E-state index is 0.0523. The average molecular weight is 270 g/mol. The number of carbonyl (C=O) groups excluding carboxylic acids is 1. The topological polar surface area (TPSA) is 68.3 Å². The quantitative estimate of drug-likeness (QED) is 0.792. The van der Waals surface area contributed by atoms with Crippen LogP contribution in [0.4, 0.5) is 5.82 Å². The first kappa shape index (κ1) is 14.6. The fraction of sp³-hybridized carbons (Fsp3) is 0.500. The molecule has 0 spiro atoms. The fourth-order valence-corrected chi connectivity index (χ4v) is 1.52. The molecular weight excluding hydrogens is 252 g/mol. The van der Waals surface area contributed by atoms with Crippen molar-refractivity contribution < 1.29 is 13.7 Å². The van der Waals surface area contributed by atoms with Crippen LogP contribution in [0.5, 0.6) is 0 Å². The van der Waals surface area contributed by atoms with E-state index in [-0.39, 0.29) is 11.2 Å². The van der Waals surface area contributed by atoms with E-state index in [0.717, 1.165) is 0 Å². The highest BCUT2D eigenvalue weighted by molar-refractivity contribution is 7.84. The van der Waals surface area contributed by atoms with Gasteiger partial charge in [-0.2, -0.15) is 0 Å². The first-order valence-electron chi connectivity index (χ1n) is 5.73. The maximum atomic E-state index is 11.4. The van der Waals surface area contributed by atoms with Gasteiger partial charge in [-0.1, -0.05) is 0 Å². The predicted molar refractivity (Wildman–Crippen MR) is 72.2 cm³/mol. The Morgan fingerprint density at radius 2 is 2.28 bits per heavy atom. The lowest BCUT2D eigenvalue weighted by Crippen LogP contribution is -2.21. The largest absolute Gasteiger partial charge is 0.462 e. The van der Waals surface area contributed by atoms with Crippen molar-refractivity contribution in [3.63, 3.8) is 0 Å². The van der Waals surface area contributed by atoms with Crippen LogP contribution in [0, 0.1) is 0 Å². The number of nitrogens with zero attached hydrogens (tertiary/aromatic N) is 1. The van der Waals surface area contributed by atoms with Crippen molar-refractivity contribution in [1.29, 1.82) is 0 Å². The molecule has 100 valence electrons. The molecule has 0 aliphatic rings. The summed E-state index contributed by atoms with van der Waals surface area (Å²) in [6, 6.07) is 3.36. The van der Waals surface area contributed by atoms with Gasteiger partial charge in [-0.25, -0.2) is 9.78 Å². The van der Waals surface area contributed by atoms with Crippen molar-refractivity contribution in [2.24, 2.45) is 0 Å². The molecular formula is C12H18N2O3S. The van der Waals surface area contributed by atoms with Crippen molar-refractivity contribution in [3.05, 3.63) is 23.9 Å². The van der Waals surface area contributed by atoms with Crippen molar-refractivity contribution in [2.45, 2.75) is 19.1 Å². The number of pyridine rings is 1. The summed E-state index contributed by atoms with van der Waals surface area (Å²) < 4.78 is 16.0. The molecule has 0 saturated heterocycles. The van der Waals surface area contributed by atoms with Gasteiger partial charge in [0, 0.05) is 35.0 Å². The van der Waals surface area contributed by atoms with Crippen LogP contribution >= 0.6 is 0 Å². The van der Waals surface area contributed by atoms with Gasteiger partial charge in [-0.05, 0) is 26.0 Å². The van der Waals surface area contributed by atoms with Gasteiger partial charge in [0.2, 0.25) is 0 Å². The Morgan fingerprint density at radius 1 is 1.56 bits per heavy atom. The van der Waals surface area contributed by atoms with Crippen LogP contribution in [0.3, 0.4) is 0 Å². The maximum Gasteiger partial charge on any atom is 0.339 e. The number of hydrogen-bond donors (Lipinski definition) is 1. The van der Waals surface area contributed by atoms with Gasteiger partial charge in [0.25, 0.3) is 0 Å². The zero-order chi connectivity index (χ0) is 13.5. The molecule has 0 radical (unpaired) electrons. The summed E-state index contributed by atoms with van der Waals surface area (Å²) in [6.45, 7) is 4.58. The third-order valence-electron chi connectivity index (χ3n) is 2.41. The highest BCUT2D eigenvalue weighted by Crippen LogP contribution is 2.07. The lowest BCUT2D eigenvalue weighted by Gasteiger charge is -2.10. The minimum Gasteiger partial charge on any atom is -0.462 e. The van der Waals surface area contributed by atoms with E-state index in [1.165, 1.54) is 6.20 Å². The van der Waals surface area contributed by atoms with Crippen LogP contribution in [0.1, 0.15) is 24.2 Å². The van der Waals surface area contributed by atoms with E-state index in [1.54, 1.807) is 25.3 Å². The summed E-state index contributed by atoms with van der Waals surface area (Å²) >= 11 is 0. The van der Waals surface area contributed by atoms with Gasteiger partial charge >= 0.3 is 5.97 Å². The number of nitrogens with one attached hydrogen (secondary N) is 1. The first-order chi connectivity index (χ1) is 8.54. The van der Waals surface area contributed by atoms with Crippen LogP contribution in [-0.4, -0.2) is 39.8 Å². The highest BCUT2D eigenvalue weighted by Gasteiger charge is 2.08. The van der Waals surface area contributed by atoms with E-state index in [1.807, 2.05) is 6.92 Å². The van der Waals surface area contributed by atoms with Crippen molar-refractivity contribution in [3.8, 4) is 0 Å². The zero-order valence-corrected chi connectivity index (χ0v) is 11.6. The number of esters is 1. The van der Waals surface area contributed by atoms with Gasteiger partial charge in [0.1, 0.15) is 5.82 Å². The van der Waals surface area contributed by atoms with Crippen LogP contribution in [0.2, 0.25) is 0 Å². The molecule has 2 unspecified atom stereocenters. The number of aromatic nitrogens is 1. The Hall–Kier alpha value is -1.43. The molecule has 18 heavy (non-hydrogen) atoms. The van der Waals surface area contributed by atoms with E-state index < -0.39 is 10.8 Å². The summed E-state index contributed by atoms with van der Waals surface area (Å²) in [5.41, 5.74) is 0.425. The third kappa shape index (κ3) is 4.44. The van der Waals surface area contributed by atoms with Crippen LogP contribution < -0.4 is 5.32 Å². The highest BCUT2D eigenvalue weighted by atomic mass is 32.2. The summed E-state index contributed by atoms with van der Waals surface area (Å²) in [7, 11) is -0.863. The van der Waals surface area contributed by atoms with E-state index in [4.69, 9.17) is 4.74 Å². The SMILES string of the molecule is CCOC(=O)c1ccc(NCC(C)S(C)=O)nc1.